The minimum Gasteiger partial charge on any atom is -0.481 e. The fourth-order valence-corrected chi connectivity index (χ4v) is 4.15. The Morgan fingerprint density at radius 1 is 1.00 bits per heavy atom. The van der Waals surface area contributed by atoms with Crippen LogP contribution in [0.2, 0.25) is 0 Å². The quantitative estimate of drug-likeness (QED) is 0.679. The molecule has 0 heterocycles. The van der Waals surface area contributed by atoms with E-state index in [0.717, 1.165) is 25.0 Å². The third-order valence-corrected chi connectivity index (χ3v) is 5.79. The number of benzene rings is 2. The number of hydrogen-bond donors (Lipinski definition) is 1. The molecule has 3 rings (SSSR count). The van der Waals surface area contributed by atoms with Crippen LogP contribution in [0.4, 0.5) is 0 Å². The molecule has 0 aromatic heterocycles. The molecule has 3 heteroatoms. The van der Waals surface area contributed by atoms with Crippen molar-refractivity contribution in [3.05, 3.63) is 64.2 Å². The Labute approximate surface area is 169 Å². The number of hydrogen-bond acceptors (Lipinski definition) is 2. The van der Waals surface area contributed by atoms with Gasteiger partial charge in [-0.3, -0.25) is 4.79 Å². The lowest BCUT2D eigenvalue weighted by atomic mass is 9.92. The molecular formula is C25H33NO2. The van der Waals surface area contributed by atoms with Crippen molar-refractivity contribution in [1.82, 2.24) is 5.32 Å². The molecule has 0 unspecified atom stereocenters. The van der Waals surface area contributed by atoms with Crippen molar-refractivity contribution >= 4 is 5.91 Å². The minimum absolute atomic E-state index is 0.00860. The summed E-state index contributed by atoms with van der Waals surface area (Å²) in [5, 5.41) is 3.21. The van der Waals surface area contributed by atoms with E-state index < -0.39 is 6.10 Å². The maximum atomic E-state index is 13.0. The number of aryl methyl sites for hydroxylation is 4. The summed E-state index contributed by atoms with van der Waals surface area (Å²) in [6, 6.07) is 12.7. The summed E-state index contributed by atoms with van der Waals surface area (Å²) in [5.74, 6) is 0.772. The van der Waals surface area contributed by atoms with Crippen LogP contribution in [0.15, 0.2) is 36.4 Å². The van der Waals surface area contributed by atoms with E-state index in [0.29, 0.717) is 6.42 Å². The highest BCUT2D eigenvalue weighted by atomic mass is 16.5. The summed E-state index contributed by atoms with van der Waals surface area (Å²) in [7, 11) is 0. The van der Waals surface area contributed by atoms with Gasteiger partial charge in [0, 0.05) is 0 Å². The van der Waals surface area contributed by atoms with Gasteiger partial charge < -0.3 is 10.1 Å². The van der Waals surface area contributed by atoms with Crippen molar-refractivity contribution in [1.29, 1.82) is 0 Å². The molecule has 0 fully saturated rings. The Hall–Kier alpha value is -2.29. The fourth-order valence-electron chi connectivity index (χ4n) is 4.15. The number of carbonyl (C=O) groups is 1. The predicted octanol–water partition coefficient (Wildman–Crippen LogP) is 5.61. The van der Waals surface area contributed by atoms with E-state index in [1.807, 2.05) is 13.0 Å². The summed E-state index contributed by atoms with van der Waals surface area (Å²) >= 11 is 0. The molecule has 150 valence electrons. The number of amides is 1. The Balaban J connectivity index is 1.70. The van der Waals surface area contributed by atoms with Crippen molar-refractivity contribution in [2.24, 2.45) is 0 Å². The molecule has 1 aliphatic carbocycles. The Morgan fingerprint density at radius 3 is 2.43 bits per heavy atom. The summed E-state index contributed by atoms with van der Waals surface area (Å²) in [4.78, 5) is 13.0. The molecule has 0 saturated heterocycles. The van der Waals surface area contributed by atoms with Gasteiger partial charge in [-0.2, -0.15) is 0 Å². The average molecular weight is 380 g/mol. The number of nitrogens with one attached hydrogen (secondary N) is 1. The topological polar surface area (TPSA) is 38.3 Å². The molecule has 0 saturated carbocycles. The highest BCUT2D eigenvalue weighted by Gasteiger charge is 2.23. The molecule has 1 amide bonds. The molecule has 28 heavy (non-hydrogen) atoms. The van der Waals surface area contributed by atoms with E-state index >= 15 is 0 Å². The van der Waals surface area contributed by atoms with Crippen LogP contribution in [0.3, 0.4) is 0 Å². The summed E-state index contributed by atoms with van der Waals surface area (Å²) in [6.45, 7) is 8.31. The summed E-state index contributed by atoms with van der Waals surface area (Å²) < 4.78 is 6.11. The normalized spacial score (nSPS) is 15.4. The zero-order valence-electron chi connectivity index (χ0n) is 17.7. The van der Waals surface area contributed by atoms with Gasteiger partial charge in [-0.1, -0.05) is 43.7 Å². The van der Waals surface area contributed by atoms with Crippen LogP contribution in [0, 0.1) is 13.8 Å². The van der Waals surface area contributed by atoms with Crippen molar-refractivity contribution in [2.45, 2.75) is 78.4 Å². The molecule has 0 radical (unpaired) electrons. The van der Waals surface area contributed by atoms with Crippen LogP contribution < -0.4 is 10.1 Å². The molecule has 3 nitrogen and oxygen atoms in total. The SMILES string of the molecule is CC[C@@H](Oc1ccc2c(c1)CCCC2)C(=O)N[C@H](CC)c1ccc(C)cc1C. The van der Waals surface area contributed by atoms with E-state index in [1.165, 1.54) is 40.7 Å². The maximum absolute atomic E-state index is 13.0. The van der Waals surface area contributed by atoms with Gasteiger partial charge in [-0.15, -0.1) is 0 Å². The van der Waals surface area contributed by atoms with Gasteiger partial charge in [-0.25, -0.2) is 0 Å². The van der Waals surface area contributed by atoms with Gasteiger partial charge in [0.25, 0.3) is 5.91 Å². The Kier molecular flexibility index (Phi) is 6.77. The summed E-state index contributed by atoms with van der Waals surface area (Å²) in [5.41, 5.74) is 6.45. The molecule has 2 atom stereocenters. The van der Waals surface area contributed by atoms with Crippen LogP contribution in [0.1, 0.15) is 73.4 Å². The Bertz CT molecular complexity index is 827. The summed E-state index contributed by atoms with van der Waals surface area (Å²) in [6.07, 6.45) is 5.80. The third-order valence-electron chi connectivity index (χ3n) is 5.79. The molecule has 2 aromatic rings. The first kappa shape index (κ1) is 20.4. The van der Waals surface area contributed by atoms with Crippen LogP contribution in [-0.4, -0.2) is 12.0 Å². The molecule has 0 bridgehead atoms. The number of ether oxygens (including phenoxy) is 1. The third kappa shape index (κ3) is 4.76. The molecule has 0 aliphatic heterocycles. The smallest absolute Gasteiger partial charge is 0.261 e. The first-order valence-electron chi connectivity index (χ1n) is 10.7. The second-order valence-electron chi connectivity index (χ2n) is 7.98. The highest BCUT2D eigenvalue weighted by Crippen LogP contribution is 2.27. The van der Waals surface area contributed by atoms with Crippen LogP contribution in [0.5, 0.6) is 5.75 Å². The first-order chi connectivity index (χ1) is 13.5. The predicted molar refractivity (Wildman–Crippen MR) is 115 cm³/mol. The van der Waals surface area contributed by atoms with Crippen molar-refractivity contribution in [3.63, 3.8) is 0 Å². The lowest BCUT2D eigenvalue weighted by molar-refractivity contribution is -0.128. The van der Waals surface area contributed by atoms with E-state index in [4.69, 9.17) is 4.74 Å². The second kappa shape index (κ2) is 9.27. The molecule has 1 aliphatic rings. The van der Waals surface area contributed by atoms with Crippen LogP contribution in [-0.2, 0) is 17.6 Å². The minimum atomic E-state index is -0.471. The maximum Gasteiger partial charge on any atom is 0.261 e. The van der Waals surface area contributed by atoms with Crippen molar-refractivity contribution in [2.75, 3.05) is 0 Å². The molecule has 1 N–H and O–H groups in total. The van der Waals surface area contributed by atoms with E-state index in [9.17, 15) is 4.79 Å². The van der Waals surface area contributed by atoms with E-state index in [2.05, 4.69) is 56.4 Å². The van der Waals surface area contributed by atoms with Gasteiger partial charge in [0.1, 0.15) is 5.75 Å². The van der Waals surface area contributed by atoms with E-state index in [-0.39, 0.29) is 11.9 Å². The average Bonchev–Trinajstić information content (AvgIpc) is 2.70. The van der Waals surface area contributed by atoms with Crippen molar-refractivity contribution < 1.29 is 9.53 Å². The number of rotatable bonds is 7. The monoisotopic (exact) mass is 379 g/mol. The molecule has 2 aromatic carbocycles. The second-order valence-corrected chi connectivity index (χ2v) is 7.98. The Morgan fingerprint density at radius 2 is 1.75 bits per heavy atom. The van der Waals surface area contributed by atoms with Gasteiger partial charge >= 0.3 is 0 Å². The zero-order valence-corrected chi connectivity index (χ0v) is 17.7. The number of carbonyl (C=O) groups excluding carboxylic acids is 1. The van der Waals surface area contributed by atoms with Crippen molar-refractivity contribution in [3.8, 4) is 5.75 Å². The van der Waals surface area contributed by atoms with Gasteiger partial charge in [0.2, 0.25) is 0 Å². The van der Waals surface area contributed by atoms with Crippen LogP contribution >= 0.6 is 0 Å². The number of fused-ring (bicyclic) bond motifs is 1. The fraction of sp³-hybridized carbons (Fsp3) is 0.480. The van der Waals surface area contributed by atoms with Gasteiger partial charge in [0.05, 0.1) is 6.04 Å². The van der Waals surface area contributed by atoms with Crippen LogP contribution in [0.25, 0.3) is 0 Å². The van der Waals surface area contributed by atoms with Gasteiger partial charge in [-0.05, 0) is 86.8 Å². The zero-order chi connectivity index (χ0) is 20.1. The molecule has 0 spiro atoms. The largest absolute Gasteiger partial charge is 0.481 e. The van der Waals surface area contributed by atoms with E-state index in [1.54, 1.807) is 0 Å². The van der Waals surface area contributed by atoms with Gasteiger partial charge in [0.15, 0.2) is 6.10 Å². The lowest BCUT2D eigenvalue weighted by Gasteiger charge is -2.24. The highest BCUT2D eigenvalue weighted by molar-refractivity contribution is 5.81. The first-order valence-corrected chi connectivity index (χ1v) is 10.7. The standard InChI is InChI=1S/C25H33NO2/c1-5-23(22-14-11-17(3)15-18(22)4)26-25(27)24(6-2)28-21-13-12-19-9-7-8-10-20(19)16-21/h11-16,23-24H,5-10H2,1-4H3,(H,26,27)/t23-,24-/m1/s1. The lowest BCUT2D eigenvalue weighted by Crippen LogP contribution is -2.40. The molecular weight excluding hydrogens is 346 g/mol.